The van der Waals surface area contributed by atoms with E-state index >= 15 is 0 Å². The number of hydrogen-bond donors (Lipinski definition) is 0. The molecule has 0 heterocycles. The van der Waals surface area contributed by atoms with E-state index in [1.54, 1.807) is 0 Å². The molecule has 4 unspecified atom stereocenters. The summed E-state index contributed by atoms with van der Waals surface area (Å²) in [4.78, 5) is 0. The first-order valence-corrected chi connectivity index (χ1v) is 20.9. The predicted octanol–water partition coefficient (Wildman–Crippen LogP) is 5.78. The van der Waals surface area contributed by atoms with Crippen molar-refractivity contribution in [2.45, 2.75) is 61.9 Å². The third-order valence-corrected chi connectivity index (χ3v) is 21.2. The van der Waals surface area contributed by atoms with E-state index in [0.717, 1.165) is 11.1 Å². The van der Waals surface area contributed by atoms with Crippen LogP contribution in [0.4, 0.5) is 0 Å². The quantitative estimate of drug-likeness (QED) is 0.346. The molecule has 0 nitrogen and oxygen atoms in total. The van der Waals surface area contributed by atoms with E-state index in [1.807, 2.05) is 0 Å². The zero-order chi connectivity index (χ0) is 17.5. The summed E-state index contributed by atoms with van der Waals surface area (Å²) in [5.74, 6) is 0. The van der Waals surface area contributed by atoms with Crippen molar-refractivity contribution in [3.05, 3.63) is 47.6 Å². The Morgan fingerprint density at radius 1 is 0.870 bits per heavy atom. The van der Waals surface area contributed by atoms with Gasteiger partial charge in [-0.25, -0.2) is 0 Å². The number of halogens is 2. The lowest BCUT2D eigenvalue weighted by Crippen LogP contribution is -2.53. The minimum absolute atomic E-state index is 0.263. The molecular weight excluding hydrogens is 460 g/mol. The lowest BCUT2D eigenvalue weighted by atomic mass is 9.95. The Morgan fingerprint density at radius 3 is 1.52 bits per heavy atom. The zero-order valence-electron chi connectivity index (χ0n) is 15.3. The van der Waals surface area contributed by atoms with Gasteiger partial charge in [-0.3, -0.25) is 0 Å². The van der Waals surface area contributed by atoms with Crippen LogP contribution < -0.4 is 0 Å². The van der Waals surface area contributed by atoms with Crippen LogP contribution in [0.2, 0.25) is 34.3 Å². The second-order valence-corrected chi connectivity index (χ2v) is 19.9. The van der Waals surface area contributed by atoms with Gasteiger partial charge in [0, 0.05) is 0 Å². The third kappa shape index (κ3) is 3.21. The highest BCUT2D eigenvalue weighted by atomic mass is 79.9. The monoisotopic (exact) mass is 488 g/mol. The Bertz CT molecular complexity index is 541. The molecule has 2 aliphatic rings. The maximum atomic E-state index is 3.94. The molecule has 0 aromatic carbocycles. The Balaban J connectivity index is 2.52. The van der Waals surface area contributed by atoms with E-state index in [1.165, 1.54) is 11.1 Å². The van der Waals surface area contributed by atoms with E-state index in [9.17, 15) is 0 Å². The van der Waals surface area contributed by atoms with Crippen LogP contribution in [-0.2, 0) is 0 Å². The molecule has 0 saturated heterocycles. The van der Waals surface area contributed by atoms with Gasteiger partial charge in [-0.05, 0) is 35.0 Å². The molecule has 0 amide bonds. The van der Waals surface area contributed by atoms with Gasteiger partial charge in [-0.15, -0.1) is 30.6 Å². The SMILES string of the molecule is CC1=CC([SiH2]Br)C(C)([Si](C)(C)C2(C)C=CC(C)=CC2[SiH2]Br)C=C1. The Morgan fingerprint density at radius 2 is 1.22 bits per heavy atom. The number of hydrogen-bond acceptors (Lipinski definition) is 0. The first-order chi connectivity index (χ1) is 10.6. The third-order valence-electron chi connectivity index (χ3n) is 6.88. The maximum absolute atomic E-state index is 3.94. The van der Waals surface area contributed by atoms with Crippen molar-refractivity contribution in [3.63, 3.8) is 0 Å². The summed E-state index contributed by atoms with van der Waals surface area (Å²) in [7, 11) is -2.16. The minimum atomic E-state index is -1.63. The minimum Gasteiger partial charge on any atom is -0.135 e. The molecule has 23 heavy (non-hydrogen) atoms. The summed E-state index contributed by atoms with van der Waals surface area (Å²) in [6.07, 6.45) is 15.0. The largest absolute Gasteiger partial charge is 0.135 e. The lowest BCUT2D eigenvalue weighted by Gasteiger charge is -2.57. The molecule has 0 saturated carbocycles. The van der Waals surface area contributed by atoms with E-state index in [-0.39, 0.29) is 16.3 Å². The van der Waals surface area contributed by atoms with Gasteiger partial charge in [0.2, 0.25) is 0 Å². The summed E-state index contributed by atoms with van der Waals surface area (Å²) >= 11 is 7.88. The molecule has 4 atom stereocenters. The fourth-order valence-corrected chi connectivity index (χ4v) is 20.9. The smallest absolute Gasteiger partial charge is 0.106 e. The van der Waals surface area contributed by atoms with Gasteiger partial charge < -0.3 is 0 Å². The van der Waals surface area contributed by atoms with Gasteiger partial charge >= 0.3 is 0 Å². The van der Waals surface area contributed by atoms with Crippen LogP contribution >= 0.6 is 30.6 Å². The average Bonchev–Trinajstić information content (AvgIpc) is 2.51. The zero-order valence-corrected chi connectivity index (χ0v) is 22.3. The average molecular weight is 491 g/mol. The Labute approximate surface area is 163 Å². The van der Waals surface area contributed by atoms with Crippen LogP contribution in [0.25, 0.3) is 0 Å². The van der Waals surface area contributed by atoms with Crippen molar-refractivity contribution in [3.8, 4) is 0 Å². The summed E-state index contributed by atoms with van der Waals surface area (Å²) in [5.41, 5.74) is 4.33. The van der Waals surface area contributed by atoms with Crippen molar-refractivity contribution in [1.82, 2.24) is 0 Å². The number of allylic oxidation sites excluding steroid dienone is 8. The number of rotatable bonds is 4. The molecule has 128 valence electrons. The van der Waals surface area contributed by atoms with Gasteiger partial charge in [0.15, 0.2) is 0 Å². The summed E-state index contributed by atoms with van der Waals surface area (Å²) in [6.45, 7) is 14.9. The van der Waals surface area contributed by atoms with E-state index in [4.69, 9.17) is 0 Å². The van der Waals surface area contributed by atoms with Crippen LogP contribution in [-0.4, -0.2) is 24.4 Å². The van der Waals surface area contributed by atoms with Crippen molar-refractivity contribution < 1.29 is 0 Å². The molecule has 0 fully saturated rings. The Kier molecular flexibility index (Phi) is 6.10. The van der Waals surface area contributed by atoms with Crippen LogP contribution in [0, 0.1) is 0 Å². The molecule has 0 bridgehead atoms. The lowest BCUT2D eigenvalue weighted by molar-refractivity contribution is 0.624. The van der Waals surface area contributed by atoms with Crippen molar-refractivity contribution >= 4 is 54.9 Å². The topological polar surface area (TPSA) is 0 Å². The van der Waals surface area contributed by atoms with Crippen LogP contribution in [0.1, 0.15) is 27.7 Å². The van der Waals surface area contributed by atoms with Crippen LogP contribution in [0.5, 0.6) is 0 Å². The second kappa shape index (κ2) is 7.06. The van der Waals surface area contributed by atoms with Crippen LogP contribution in [0.15, 0.2) is 47.6 Å². The maximum Gasteiger partial charge on any atom is 0.106 e. The highest BCUT2D eigenvalue weighted by Crippen LogP contribution is 2.66. The fourth-order valence-electron chi connectivity index (χ4n) is 4.28. The molecule has 2 aliphatic carbocycles. The van der Waals surface area contributed by atoms with Crippen molar-refractivity contribution in [2.75, 3.05) is 0 Å². The van der Waals surface area contributed by atoms with Crippen molar-refractivity contribution in [2.24, 2.45) is 0 Å². The van der Waals surface area contributed by atoms with E-state index < -0.39 is 8.07 Å². The molecule has 0 spiro atoms. The molecule has 0 N–H and O–H groups in total. The van der Waals surface area contributed by atoms with Gasteiger partial charge in [0.1, 0.15) is 16.3 Å². The normalized spacial score (nSPS) is 38.6. The summed E-state index contributed by atoms with van der Waals surface area (Å²) < 4.78 is 0. The van der Waals surface area contributed by atoms with Crippen LogP contribution in [0.3, 0.4) is 0 Å². The standard InChI is InChI=1S/C18H30Br2Si3/c1-13-7-9-17(3,15(11-13)21-19)23(5,6)18(4)10-8-14(2)12-16(18)22-20/h7-12,15-16H,21-22H2,1-6H3. The second-order valence-electron chi connectivity index (χ2n) is 8.20. The molecule has 5 heteroatoms. The highest BCUT2D eigenvalue weighted by molar-refractivity contribution is 9.23. The molecule has 0 aromatic heterocycles. The molecule has 0 radical (unpaired) electrons. The van der Waals surface area contributed by atoms with Gasteiger partial charge in [0.05, 0.1) is 8.07 Å². The summed E-state index contributed by atoms with van der Waals surface area (Å²) in [5, 5.41) is 0.657. The van der Waals surface area contributed by atoms with E-state index in [2.05, 4.69) is 108 Å². The highest BCUT2D eigenvalue weighted by Gasteiger charge is 2.57. The van der Waals surface area contributed by atoms with Gasteiger partial charge in [-0.2, -0.15) is 0 Å². The molecule has 0 aromatic rings. The van der Waals surface area contributed by atoms with Crippen molar-refractivity contribution in [1.29, 1.82) is 0 Å². The Hall–Kier alpha value is 0.571. The predicted molar refractivity (Wildman–Crippen MR) is 122 cm³/mol. The fraction of sp³-hybridized carbons (Fsp3) is 0.556. The summed E-state index contributed by atoms with van der Waals surface area (Å²) in [6, 6.07) is 0. The molecular formula is C18H30Br2Si3. The van der Waals surface area contributed by atoms with Gasteiger partial charge in [-0.1, -0.05) is 74.5 Å². The first-order valence-electron chi connectivity index (χ1n) is 8.49. The first kappa shape index (κ1) is 19.9. The van der Waals surface area contributed by atoms with E-state index in [0.29, 0.717) is 10.1 Å². The van der Waals surface area contributed by atoms with Gasteiger partial charge in [0.25, 0.3) is 0 Å². The molecule has 0 aliphatic heterocycles. The molecule has 2 rings (SSSR count).